The Morgan fingerprint density at radius 2 is 1.92 bits per heavy atom. The first-order valence-electron chi connectivity index (χ1n) is 8.95. The summed E-state index contributed by atoms with van der Waals surface area (Å²) in [6.45, 7) is 1.87. The van der Waals surface area contributed by atoms with Gasteiger partial charge >= 0.3 is 5.97 Å². The van der Waals surface area contributed by atoms with Gasteiger partial charge in [-0.25, -0.2) is 0 Å². The molecule has 1 aliphatic carbocycles. The van der Waals surface area contributed by atoms with Crippen LogP contribution in [-0.4, -0.2) is 33.1 Å². The molecule has 2 aliphatic rings. The number of amides is 1. The summed E-state index contributed by atoms with van der Waals surface area (Å²) in [7, 11) is 0. The number of hydrogen-bond acceptors (Lipinski definition) is 5. The third-order valence-electron chi connectivity index (χ3n) is 4.83. The van der Waals surface area contributed by atoms with Crippen molar-refractivity contribution in [3.63, 3.8) is 0 Å². The predicted octanol–water partition coefficient (Wildman–Crippen LogP) is 3.52. The summed E-state index contributed by atoms with van der Waals surface area (Å²) in [5, 5.41) is 19.3. The highest BCUT2D eigenvalue weighted by Gasteiger charge is 2.32. The van der Waals surface area contributed by atoms with E-state index in [1.54, 1.807) is 0 Å². The van der Waals surface area contributed by atoms with Crippen LogP contribution in [0.4, 0.5) is 0 Å². The Morgan fingerprint density at radius 3 is 2.58 bits per heavy atom. The van der Waals surface area contributed by atoms with Crippen LogP contribution in [0.2, 0.25) is 0 Å². The van der Waals surface area contributed by atoms with Crippen molar-refractivity contribution >= 4 is 34.5 Å². The van der Waals surface area contributed by atoms with Gasteiger partial charge in [0.1, 0.15) is 5.25 Å². The van der Waals surface area contributed by atoms with Crippen molar-refractivity contribution in [3.8, 4) is 0 Å². The minimum atomic E-state index is -1.00. The summed E-state index contributed by atoms with van der Waals surface area (Å²) in [4.78, 5) is 22.4. The second-order valence-electron chi connectivity index (χ2n) is 6.74. The molecule has 1 aliphatic heterocycles. The third kappa shape index (κ3) is 4.72. The van der Waals surface area contributed by atoms with Gasteiger partial charge in [0.15, 0.2) is 5.17 Å². The maximum absolute atomic E-state index is 11.7. The molecule has 26 heavy (non-hydrogen) atoms. The van der Waals surface area contributed by atoms with Gasteiger partial charge in [0, 0.05) is 0 Å². The number of hydrogen-bond donors (Lipinski definition) is 2. The molecule has 2 fully saturated rings. The second-order valence-corrected chi connectivity index (χ2v) is 7.93. The molecule has 1 saturated carbocycles. The molecule has 7 heteroatoms. The van der Waals surface area contributed by atoms with Gasteiger partial charge in [0.05, 0.1) is 12.1 Å². The molecule has 1 amide bonds. The molecule has 0 spiro atoms. The van der Waals surface area contributed by atoms with Gasteiger partial charge in [-0.05, 0) is 36.8 Å². The van der Waals surface area contributed by atoms with Gasteiger partial charge in [0.2, 0.25) is 5.91 Å². The predicted molar refractivity (Wildman–Crippen MR) is 104 cm³/mol. The van der Waals surface area contributed by atoms with E-state index in [0.717, 1.165) is 23.0 Å². The molecule has 0 unspecified atom stereocenters. The Balaban J connectivity index is 1.64. The lowest BCUT2D eigenvalue weighted by Gasteiger charge is -2.22. The van der Waals surface area contributed by atoms with Crippen LogP contribution in [0.25, 0.3) is 0 Å². The topological polar surface area (TPSA) is 91.1 Å². The van der Waals surface area contributed by atoms with E-state index in [-0.39, 0.29) is 12.3 Å². The van der Waals surface area contributed by atoms with Crippen LogP contribution in [0.3, 0.4) is 0 Å². The molecule has 138 valence electrons. The number of carboxylic acids is 1. The number of thioether (sulfide) groups is 1. The molecule has 3 rings (SSSR count). The molecule has 1 aromatic rings. The number of rotatable bonds is 5. The van der Waals surface area contributed by atoms with E-state index in [0.29, 0.717) is 11.1 Å². The minimum Gasteiger partial charge on any atom is -0.481 e. The van der Waals surface area contributed by atoms with E-state index in [1.807, 2.05) is 6.92 Å². The van der Waals surface area contributed by atoms with Crippen molar-refractivity contribution in [2.75, 3.05) is 0 Å². The normalized spacial score (nSPS) is 23.3. The van der Waals surface area contributed by atoms with Crippen LogP contribution >= 0.6 is 11.8 Å². The summed E-state index contributed by atoms with van der Waals surface area (Å²) in [6.07, 6.45) is 6.31. The average molecular weight is 373 g/mol. The highest BCUT2D eigenvalue weighted by atomic mass is 32.2. The molecule has 1 aromatic carbocycles. The first-order valence-corrected chi connectivity index (χ1v) is 9.83. The Morgan fingerprint density at radius 1 is 1.23 bits per heavy atom. The highest BCUT2D eigenvalue weighted by Crippen LogP contribution is 2.32. The Labute approximate surface area is 157 Å². The number of aliphatic carboxylic acids is 1. The lowest BCUT2D eigenvalue weighted by atomic mass is 9.84. The SMILES string of the molecule is C/C(=N/N=C1\NC(=O)[C@H](CC(=O)O)S1)c1ccc(C2CCCCC2)cc1. The van der Waals surface area contributed by atoms with Gasteiger partial charge in [-0.2, -0.15) is 5.10 Å². The van der Waals surface area contributed by atoms with Gasteiger partial charge < -0.3 is 10.4 Å². The Kier molecular flexibility index (Phi) is 6.08. The van der Waals surface area contributed by atoms with Crippen LogP contribution in [0.1, 0.15) is 62.5 Å². The van der Waals surface area contributed by atoms with Crippen LogP contribution < -0.4 is 5.32 Å². The zero-order valence-electron chi connectivity index (χ0n) is 14.8. The Bertz CT molecular complexity index is 737. The fourth-order valence-electron chi connectivity index (χ4n) is 3.36. The molecule has 0 bridgehead atoms. The molecule has 0 aromatic heterocycles. The maximum Gasteiger partial charge on any atom is 0.305 e. The van der Waals surface area contributed by atoms with Crippen molar-refractivity contribution in [3.05, 3.63) is 35.4 Å². The summed E-state index contributed by atoms with van der Waals surface area (Å²) >= 11 is 1.11. The van der Waals surface area contributed by atoms with E-state index in [4.69, 9.17) is 5.11 Å². The molecular formula is C19H23N3O3S. The van der Waals surface area contributed by atoms with Crippen molar-refractivity contribution in [1.29, 1.82) is 0 Å². The number of benzene rings is 1. The zero-order chi connectivity index (χ0) is 18.5. The van der Waals surface area contributed by atoms with Crippen LogP contribution in [-0.2, 0) is 9.59 Å². The van der Waals surface area contributed by atoms with Crippen molar-refractivity contribution in [2.24, 2.45) is 10.2 Å². The summed E-state index contributed by atoms with van der Waals surface area (Å²) in [5.41, 5.74) is 3.14. The average Bonchev–Trinajstić information content (AvgIpc) is 2.99. The molecule has 1 saturated heterocycles. The van der Waals surface area contributed by atoms with E-state index >= 15 is 0 Å². The van der Waals surface area contributed by atoms with Crippen LogP contribution in [0.15, 0.2) is 34.5 Å². The van der Waals surface area contributed by atoms with E-state index in [9.17, 15) is 9.59 Å². The van der Waals surface area contributed by atoms with Gasteiger partial charge in [-0.3, -0.25) is 9.59 Å². The first-order chi connectivity index (χ1) is 12.5. The molecule has 6 nitrogen and oxygen atoms in total. The van der Waals surface area contributed by atoms with Gasteiger partial charge in [-0.15, -0.1) is 5.10 Å². The number of carbonyl (C=O) groups is 2. The molecule has 1 heterocycles. The fourth-order valence-corrected chi connectivity index (χ4v) is 4.26. The van der Waals surface area contributed by atoms with Crippen molar-refractivity contribution in [2.45, 2.75) is 56.6 Å². The van der Waals surface area contributed by atoms with Crippen molar-refractivity contribution in [1.82, 2.24) is 5.32 Å². The smallest absolute Gasteiger partial charge is 0.305 e. The zero-order valence-corrected chi connectivity index (χ0v) is 15.6. The van der Waals surface area contributed by atoms with E-state index < -0.39 is 11.2 Å². The summed E-state index contributed by atoms with van der Waals surface area (Å²) < 4.78 is 0. The summed E-state index contributed by atoms with van der Waals surface area (Å²) in [6, 6.07) is 8.48. The van der Waals surface area contributed by atoms with Crippen LogP contribution in [0, 0.1) is 0 Å². The standard InChI is InChI=1S/C19H23N3O3S/c1-12(21-22-19-20-18(25)16(26-19)11-17(23)24)13-7-9-15(10-8-13)14-5-3-2-4-6-14/h7-10,14,16H,2-6,11H2,1H3,(H,23,24)(H,20,22,25)/b21-12-/t16-/m0/s1. The number of nitrogens with one attached hydrogen (secondary N) is 1. The lowest BCUT2D eigenvalue weighted by molar-refractivity contribution is -0.138. The number of carboxylic acid groups (broad SMARTS) is 1. The third-order valence-corrected chi connectivity index (χ3v) is 5.90. The largest absolute Gasteiger partial charge is 0.481 e. The quantitative estimate of drug-likeness (QED) is 0.610. The number of nitrogens with zero attached hydrogens (tertiary/aromatic N) is 2. The number of amidine groups is 1. The highest BCUT2D eigenvalue weighted by molar-refractivity contribution is 8.15. The first kappa shape index (κ1) is 18.6. The summed E-state index contributed by atoms with van der Waals surface area (Å²) in [5.74, 6) is -0.663. The van der Waals surface area contributed by atoms with Crippen molar-refractivity contribution < 1.29 is 14.7 Å². The fraction of sp³-hybridized carbons (Fsp3) is 0.474. The monoisotopic (exact) mass is 373 g/mol. The molecular weight excluding hydrogens is 350 g/mol. The lowest BCUT2D eigenvalue weighted by Crippen LogP contribution is -2.26. The maximum atomic E-state index is 11.7. The second kappa shape index (κ2) is 8.49. The van der Waals surface area contributed by atoms with Gasteiger partial charge in [0.25, 0.3) is 0 Å². The Hall–Kier alpha value is -2.15. The minimum absolute atomic E-state index is 0.221. The van der Waals surface area contributed by atoms with Gasteiger partial charge in [-0.1, -0.05) is 55.3 Å². The molecule has 1 atom stereocenters. The molecule has 2 N–H and O–H groups in total. The number of carbonyl (C=O) groups excluding carboxylic acids is 1. The van der Waals surface area contributed by atoms with E-state index in [2.05, 4.69) is 39.8 Å². The van der Waals surface area contributed by atoms with Crippen LogP contribution in [0.5, 0.6) is 0 Å². The van der Waals surface area contributed by atoms with E-state index in [1.165, 1.54) is 37.7 Å². The molecule has 0 radical (unpaired) electrons.